The van der Waals surface area contributed by atoms with Crippen LogP contribution in [0.4, 0.5) is 26.3 Å². The van der Waals surface area contributed by atoms with Crippen LogP contribution in [-0.4, -0.2) is 73.2 Å². The normalized spacial score (nSPS) is 16.2. The fourth-order valence-electron chi connectivity index (χ4n) is 4.88. The standard InChI is InChI=1S/C27H31F6N3O3.CH4.2ClH/c1-17(2)35-8-10-36(11-9-35)24(19-4-5-22-23(14-19)39-16-38-22)25(37)34(3)7-6-18-12-20(26(28,29)30)15-21(13-18)27(31,32)33;;;/h4-5,12-15,17,24H,6-11,16H2,1-3H3;1H4;2*1H. The number of alkyl halides is 6. The minimum atomic E-state index is -4.93. The molecule has 4 rings (SSSR count). The largest absolute Gasteiger partial charge is 0.454 e. The summed E-state index contributed by atoms with van der Waals surface area (Å²) in [4.78, 5) is 19.5. The first-order valence-corrected chi connectivity index (χ1v) is 12.6. The van der Waals surface area contributed by atoms with Gasteiger partial charge in [-0.05, 0) is 61.7 Å². The Balaban J connectivity index is 0.00000294. The Morgan fingerprint density at radius 1 is 0.857 bits per heavy atom. The Bertz CT molecular complexity index is 1160. The van der Waals surface area contributed by atoms with Crippen LogP contribution in [0.1, 0.15) is 49.6 Å². The number of halogens is 8. The first-order chi connectivity index (χ1) is 18.2. The van der Waals surface area contributed by atoms with Gasteiger partial charge >= 0.3 is 12.4 Å². The molecule has 0 bridgehead atoms. The van der Waals surface area contributed by atoms with Gasteiger partial charge in [0.25, 0.3) is 0 Å². The van der Waals surface area contributed by atoms with Crippen LogP contribution in [0, 0.1) is 0 Å². The number of amides is 1. The van der Waals surface area contributed by atoms with Crippen LogP contribution in [0.3, 0.4) is 0 Å². The van der Waals surface area contributed by atoms with E-state index in [4.69, 9.17) is 9.47 Å². The van der Waals surface area contributed by atoms with Crippen LogP contribution in [0.15, 0.2) is 36.4 Å². The molecule has 2 aromatic carbocycles. The molecule has 2 heterocycles. The third-order valence-electron chi connectivity index (χ3n) is 7.15. The predicted molar refractivity (Wildman–Crippen MR) is 153 cm³/mol. The lowest BCUT2D eigenvalue weighted by Gasteiger charge is -2.41. The summed E-state index contributed by atoms with van der Waals surface area (Å²) in [6.45, 7) is 6.93. The summed E-state index contributed by atoms with van der Waals surface area (Å²) in [5, 5.41) is 0. The van der Waals surface area contributed by atoms with Crippen LogP contribution in [-0.2, 0) is 23.6 Å². The van der Waals surface area contributed by atoms with E-state index in [2.05, 4.69) is 18.7 Å². The van der Waals surface area contributed by atoms with Crippen molar-refractivity contribution in [2.24, 2.45) is 0 Å². The van der Waals surface area contributed by atoms with Crippen molar-refractivity contribution in [3.05, 3.63) is 58.7 Å². The first-order valence-electron chi connectivity index (χ1n) is 12.6. The zero-order valence-corrected chi connectivity index (χ0v) is 24.4. The van der Waals surface area contributed by atoms with Crippen molar-refractivity contribution < 1.29 is 40.6 Å². The summed E-state index contributed by atoms with van der Waals surface area (Å²) in [7, 11) is 1.50. The summed E-state index contributed by atoms with van der Waals surface area (Å²) < 4.78 is 90.5. The lowest BCUT2D eigenvalue weighted by molar-refractivity contribution is -0.143. The van der Waals surface area contributed by atoms with E-state index in [0.29, 0.717) is 48.3 Å². The van der Waals surface area contributed by atoms with Crippen LogP contribution in [0.5, 0.6) is 11.5 Å². The molecular weight excluding hydrogens is 611 g/mol. The fraction of sp³-hybridized carbons (Fsp3) is 0.536. The van der Waals surface area contributed by atoms with E-state index in [0.717, 1.165) is 13.1 Å². The average molecular weight is 649 g/mol. The summed E-state index contributed by atoms with van der Waals surface area (Å²) >= 11 is 0. The highest BCUT2D eigenvalue weighted by molar-refractivity contribution is 5.85. The maximum atomic E-state index is 13.8. The Morgan fingerprint density at radius 2 is 1.38 bits per heavy atom. The summed E-state index contributed by atoms with van der Waals surface area (Å²) in [5.74, 6) is 0.764. The smallest absolute Gasteiger partial charge is 0.416 e. The summed E-state index contributed by atoms with van der Waals surface area (Å²) in [6.07, 6.45) is -10.0. The molecule has 0 aromatic heterocycles. The minimum absolute atomic E-state index is 0. The molecule has 0 aliphatic carbocycles. The van der Waals surface area contributed by atoms with Gasteiger partial charge < -0.3 is 14.4 Å². The maximum absolute atomic E-state index is 13.8. The number of carbonyl (C=O) groups is 1. The highest BCUT2D eigenvalue weighted by atomic mass is 35.5. The van der Waals surface area contributed by atoms with Crippen molar-refractivity contribution in [2.45, 2.75) is 52.1 Å². The number of hydrogen-bond acceptors (Lipinski definition) is 5. The zero-order valence-electron chi connectivity index (χ0n) is 22.7. The molecule has 1 amide bonds. The van der Waals surface area contributed by atoms with Gasteiger partial charge in [0.15, 0.2) is 11.5 Å². The molecule has 1 fully saturated rings. The fourth-order valence-corrected chi connectivity index (χ4v) is 4.88. The molecule has 0 radical (unpaired) electrons. The number of benzene rings is 2. The van der Waals surface area contributed by atoms with Gasteiger partial charge in [-0.15, -0.1) is 24.8 Å². The van der Waals surface area contributed by atoms with Crippen molar-refractivity contribution in [1.29, 1.82) is 0 Å². The van der Waals surface area contributed by atoms with Crippen molar-refractivity contribution in [3.8, 4) is 11.5 Å². The van der Waals surface area contributed by atoms with Crippen molar-refractivity contribution in [1.82, 2.24) is 14.7 Å². The number of ether oxygens (including phenoxy) is 2. The molecule has 0 N–H and O–H groups in total. The van der Waals surface area contributed by atoms with E-state index in [9.17, 15) is 31.1 Å². The van der Waals surface area contributed by atoms with Gasteiger partial charge in [0.1, 0.15) is 6.04 Å². The average Bonchev–Trinajstić information content (AvgIpc) is 3.34. The second-order valence-electron chi connectivity index (χ2n) is 10.1. The monoisotopic (exact) mass is 647 g/mol. The number of likely N-dealkylation sites (N-methyl/N-ethyl adjacent to an activating group) is 1. The van der Waals surface area contributed by atoms with Crippen LogP contribution < -0.4 is 9.47 Å². The molecule has 42 heavy (non-hydrogen) atoms. The molecule has 0 spiro atoms. The first kappa shape index (κ1) is 37.6. The number of piperazine rings is 1. The van der Waals surface area contributed by atoms with Gasteiger partial charge in [0, 0.05) is 45.8 Å². The molecule has 0 saturated carbocycles. The van der Waals surface area contributed by atoms with E-state index in [-0.39, 0.29) is 69.5 Å². The van der Waals surface area contributed by atoms with Gasteiger partial charge in [-0.3, -0.25) is 14.6 Å². The van der Waals surface area contributed by atoms with E-state index in [1.54, 1.807) is 18.2 Å². The minimum Gasteiger partial charge on any atom is -0.454 e. The highest BCUT2D eigenvalue weighted by Gasteiger charge is 2.37. The van der Waals surface area contributed by atoms with Crippen LogP contribution in [0.2, 0.25) is 0 Å². The van der Waals surface area contributed by atoms with E-state index >= 15 is 0 Å². The zero-order chi connectivity index (χ0) is 28.5. The molecule has 1 saturated heterocycles. The van der Waals surface area contributed by atoms with Gasteiger partial charge in [-0.2, -0.15) is 26.3 Å². The van der Waals surface area contributed by atoms with Gasteiger partial charge in [0.05, 0.1) is 11.1 Å². The second-order valence-corrected chi connectivity index (χ2v) is 10.1. The molecule has 6 nitrogen and oxygen atoms in total. The number of fused-ring (bicyclic) bond motifs is 1. The number of carbonyl (C=O) groups excluding carboxylic acids is 1. The Hall–Kier alpha value is -2.41. The molecule has 2 aliphatic heterocycles. The summed E-state index contributed by atoms with van der Waals surface area (Å²) in [5.41, 5.74) is -2.22. The Labute approximate surface area is 254 Å². The van der Waals surface area contributed by atoms with Crippen molar-refractivity contribution in [2.75, 3.05) is 46.6 Å². The molecule has 1 atom stereocenters. The topological polar surface area (TPSA) is 45.2 Å². The van der Waals surface area contributed by atoms with Crippen molar-refractivity contribution in [3.63, 3.8) is 0 Å². The van der Waals surface area contributed by atoms with Crippen LogP contribution in [0.25, 0.3) is 0 Å². The quantitative estimate of drug-likeness (QED) is 0.313. The van der Waals surface area contributed by atoms with Crippen LogP contribution >= 0.6 is 24.8 Å². The molecule has 238 valence electrons. The highest BCUT2D eigenvalue weighted by Crippen LogP contribution is 2.38. The lowest BCUT2D eigenvalue weighted by atomic mass is 10.0. The maximum Gasteiger partial charge on any atom is 0.416 e. The predicted octanol–water partition coefficient (Wildman–Crippen LogP) is 6.70. The second kappa shape index (κ2) is 14.9. The Kier molecular flexibility index (Phi) is 13.3. The van der Waals surface area contributed by atoms with Gasteiger partial charge in [-0.25, -0.2) is 0 Å². The SMILES string of the molecule is C.CC(C)N1CCN(C(C(=O)N(C)CCc2cc(C(F)(F)F)cc(C(F)(F)F)c2)c2ccc3c(c2)OCO3)CC1.Cl.Cl. The molecular formula is C28H37Cl2F6N3O3. The van der Waals surface area contributed by atoms with E-state index in [1.807, 2.05) is 4.90 Å². The summed E-state index contributed by atoms with van der Waals surface area (Å²) in [6, 6.07) is 6.41. The Morgan fingerprint density at radius 3 is 1.90 bits per heavy atom. The molecule has 2 aliphatic rings. The third-order valence-corrected chi connectivity index (χ3v) is 7.15. The van der Waals surface area contributed by atoms with Crippen molar-refractivity contribution >= 4 is 30.7 Å². The number of hydrogen-bond donors (Lipinski definition) is 0. The lowest BCUT2D eigenvalue weighted by Crippen LogP contribution is -2.52. The van der Waals surface area contributed by atoms with Gasteiger partial charge in [0.2, 0.25) is 12.7 Å². The molecule has 1 unspecified atom stereocenters. The van der Waals surface area contributed by atoms with E-state index in [1.165, 1.54) is 11.9 Å². The third kappa shape index (κ3) is 8.81. The number of rotatable bonds is 7. The van der Waals surface area contributed by atoms with E-state index < -0.39 is 29.5 Å². The molecule has 2 aromatic rings. The molecule has 14 heteroatoms. The number of nitrogens with zero attached hydrogens (tertiary/aromatic N) is 3. The van der Waals surface area contributed by atoms with Gasteiger partial charge in [-0.1, -0.05) is 13.5 Å².